The summed E-state index contributed by atoms with van der Waals surface area (Å²) >= 11 is 2.06. The molecule has 1 heterocycles. The summed E-state index contributed by atoms with van der Waals surface area (Å²) in [6.07, 6.45) is 0. The van der Waals surface area contributed by atoms with Crippen LogP contribution in [-0.4, -0.2) is 31.2 Å². The number of fused-ring (bicyclic) bond motifs is 1. The molecule has 2 amide bonds. The van der Waals surface area contributed by atoms with Crippen molar-refractivity contribution in [3.05, 3.63) is 57.7 Å². The van der Waals surface area contributed by atoms with Crippen LogP contribution in [0.25, 0.3) is 0 Å². The minimum Gasteiger partial charge on any atom is -0.314 e. The van der Waals surface area contributed by atoms with Crippen LogP contribution in [0.2, 0.25) is 0 Å². The first-order chi connectivity index (χ1) is 12.0. The van der Waals surface area contributed by atoms with Gasteiger partial charge in [-0.1, -0.05) is 24.3 Å². The molecule has 0 saturated carbocycles. The van der Waals surface area contributed by atoms with Gasteiger partial charge >= 0.3 is 0 Å². The Hall–Kier alpha value is -2.22. The highest BCUT2D eigenvalue weighted by Gasteiger charge is 2.45. The minimum atomic E-state index is -1.34. The summed E-state index contributed by atoms with van der Waals surface area (Å²) < 4.78 is 0.736. The first-order valence-electron chi connectivity index (χ1n) is 7.94. The van der Waals surface area contributed by atoms with Crippen LogP contribution in [0.4, 0.5) is 11.4 Å². The molecule has 0 saturated heterocycles. The fourth-order valence-corrected chi connectivity index (χ4v) is 3.80. The number of benzene rings is 2. The molecule has 0 fully saturated rings. The molecule has 1 unspecified atom stereocenters. The maximum atomic E-state index is 13.1. The third-order valence-electron chi connectivity index (χ3n) is 4.34. The van der Waals surface area contributed by atoms with Crippen molar-refractivity contribution in [3.63, 3.8) is 0 Å². The van der Waals surface area contributed by atoms with Crippen molar-refractivity contribution in [2.75, 3.05) is 23.4 Å². The summed E-state index contributed by atoms with van der Waals surface area (Å²) in [6.45, 7) is 2.20. The summed E-state index contributed by atoms with van der Waals surface area (Å²) in [6, 6.07) is 14.4. The van der Waals surface area contributed by atoms with Gasteiger partial charge in [0.05, 0.1) is 11.3 Å². The smallest absolute Gasteiger partial charge is 0.247 e. The van der Waals surface area contributed by atoms with Crippen molar-refractivity contribution in [1.82, 2.24) is 0 Å². The van der Waals surface area contributed by atoms with Gasteiger partial charge in [-0.2, -0.15) is 0 Å². The summed E-state index contributed by atoms with van der Waals surface area (Å²) in [5.74, 6) is -2.74. The zero-order valence-corrected chi connectivity index (χ0v) is 16.1. The van der Waals surface area contributed by atoms with Gasteiger partial charge in [-0.25, -0.2) is 0 Å². The van der Waals surface area contributed by atoms with E-state index in [1.807, 2.05) is 25.1 Å². The van der Waals surface area contributed by atoms with Crippen molar-refractivity contribution < 1.29 is 14.4 Å². The van der Waals surface area contributed by atoms with Crippen LogP contribution in [0.1, 0.15) is 17.3 Å². The maximum absolute atomic E-state index is 13.1. The van der Waals surface area contributed by atoms with Gasteiger partial charge in [-0.05, 0) is 53.8 Å². The van der Waals surface area contributed by atoms with E-state index in [0.29, 0.717) is 23.5 Å². The maximum Gasteiger partial charge on any atom is 0.247 e. The van der Waals surface area contributed by atoms with Crippen LogP contribution in [-0.2, 0) is 9.59 Å². The number of rotatable bonds is 3. The number of anilines is 2. The molecular formula is C19H17IN2O3. The molecule has 3 rings (SSSR count). The lowest BCUT2D eigenvalue weighted by atomic mass is 9.89. The number of Topliss-reactive ketones (excluding diaryl/α,β-unsaturated/α-hetero) is 1. The molecule has 0 spiro atoms. The number of hydrogen-bond acceptors (Lipinski definition) is 3. The normalized spacial score (nSPS) is 16.6. The summed E-state index contributed by atoms with van der Waals surface area (Å²) in [5, 5.41) is 0. The largest absolute Gasteiger partial charge is 0.314 e. The molecule has 0 bridgehead atoms. The summed E-state index contributed by atoms with van der Waals surface area (Å²) in [4.78, 5) is 41.7. The lowest BCUT2D eigenvalue weighted by Gasteiger charge is -2.33. The molecule has 1 aliphatic heterocycles. The fraction of sp³-hybridized carbons (Fsp3) is 0.211. The highest BCUT2D eigenvalue weighted by Crippen LogP contribution is 2.34. The molecule has 6 heteroatoms. The second-order valence-electron chi connectivity index (χ2n) is 5.75. The van der Waals surface area contributed by atoms with E-state index in [9.17, 15) is 14.4 Å². The van der Waals surface area contributed by atoms with Crippen molar-refractivity contribution in [3.8, 4) is 0 Å². The van der Waals surface area contributed by atoms with Gasteiger partial charge in [-0.15, -0.1) is 0 Å². The number of nitrogens with zero attached hydrogens (tertiary/aromatic N) is 2. The molecule has 2 aromatic carbocycles. The molecule has 5 nitrogen and oxygen atoms in total. The molecule has 1 aliphatic rings. The number of hydrogen-bond donors (Lipinski definition) is 0. The SMILES string of the molecule is CCN(C(=O)C1C(=O)c2c(I)cccc2N(C)C1=O)c1ccccc1. The Morgan fingerprint density at radius 3 is 2.44 bits per heavy atom. The lowest BCUT2D eigenvalue weighted by Crippen LogP contribution is -2.51. The van der Waals surface area contributed by atoms with Crippen LogP contribution < -0.4 is 9.80 Å². The summed E-state index contributed by atoms with van der Waals surface area (Å²) in [7, 11) is 1.60. The van der Waals surface area contributed by atoms with Crippen molar-refractivity contribution in [2.24, 2.45) is 5.92 Å². The Labute approximate surface area is 159 Å². The van der Waals surface area contributed by atoms with Crippen molar-refractivity contribution >= 4 is 51.6 Å². The average molecular weight is 448 g/mol. The Bertz CT molecular complexity index is 851. The van der Waals surface area contributed by atoms with Crippen LogP contribution in [0, 0.1) is 9.49 Å². The van der Waals surface area contributed by atoms with E-state index in [0.717, 1.165) is 3.57 Å². The molecule has 0 aromatic heterocycles. The van der Waals surface area contributed by atoms with Crippen LogP contribution in [0.5, 0.6) is 0 Å². The molecule has 1 atom stereocenters. The van der Waals surface area contributed by atoms with Gasteiger partial charge in [0.15, 0.2) is 11.7 Å². The zero-order valence-electron chi connectivity index (χ0n) is 13.9. The van der Waals surface area contributed by atoms with E-state index in [-0.39, 0.29) is 0 Å². The van der Waals surface area contributed by atoms with E-state index >= 15 is 0 Å². The second kappa shape index (κ2) is 6.95. The monoisotopic (exact) mass is 448 g/mol. The van der Waals surface area contributed by atoms with Crippen LogP contribution >= 0.6 is 22.6 Å². The topological polar surface area (TPSA) is 57.7 Å². The Balaban J connectivity index is 2.05. The number of para-hydroxylation sites is 1. The lowest BCUT2D eigenvalue weighted by molar-refractivity contribution is -0.130. The highest BCUT2D eigenvalue weighted by molar-refractivity contribution is 14.1. The van der Waals surface area contributed by atoms with Crippen molar-refractivity contribution in [1.29, 1.82) is 0 Å². The van der Waals surface area contributed by atoms with Gasteiger partial charge in [0.1, 0.15) is 0 Å². The van der Waals surface area contributed by atoms with Gasteiger partial charge in [0.2, 0.25) is 11.8 Å². The van der Waals surface area contributed by atoms with Gasteiger partial charge in [0.25, 0.3) is 0 Å². The number of carbonyl (C=O) groups excluding carboxylic acids is 3. The predicted molar refractivity (Wildman–Crippen MR) is 105 cm³/mol. The second-order valence-corrected chi connectivity index (χ2v) is 6.91. The molecular weight excluding hydrogens is 431 g/mol. The number of carbonyl (C=O) groups is 3. The number of ketones is 1. The van der Waals surface area contributed by atoms with Crippen LogP contribution in [0.3, 0.4) is 0 Å². The Morgan fingerprint density at radius 1 is 1.12 bits per heavy atom. The molecule has 25 heavy (non-hydrogen) atoms. The Kier molecular flexibility index (Phi) is 4.89. The summed E-state index contributed by atoms with van der Waals surface area (Å²) in [5.41, 5.74) is 1.66. The minimum absolute atomic E-state index is 0.377. The van der Waals surface area contributed by atoms with E-state index in [1.165, 1.54) is 9.80 Å². The van der Waals surface area contributed by atoms with E-state index < -0.39 is 23.5 Å². The van der Waals surface area contributed by atoms with Gasteiger partial charge in [-0.3, -0.25) is 14.4 Å². The van der Waals surface area contributed by atoms with Crippen molar-refractivity contribution in [2.45, 2.75) is 6.92 Å². The third-order valence-corrected chi connectivity index (χ3v) is 5.24. The van der Waals surface area contributed by atoms with E-state index in [1.54, 1.807) is 37.4 Å². The highest BCUT2D eigenvalue weighted by atomic mass is 127. The Morgan fingerprint density at radius 2 is 1.80 bits per heavy atom. The van der Waals surface area contributed by atoms with Gasteiger partial charge < -0.3 is 9.80 Å². The first kappa shape index (κ1) is 17.6. The zero-order chi connectivity index (χ0) is 18.1. The quantitative estimate of drug-likeness (QED) is 0.536. The third kappa shape index (κ3) is 2.95. The van der Waals surface area contributed by atoms with Crippen LogP contribution in [0.15, 0.2) is 48.5 Å². The molecule has 2 aromatic rings. The molecule has 128 valence electrons. The average Bonchev–Trinajstić information content (AvgIpc) is 2.61. The van der Waals surface area contributed by atoms with E-state index in [2.05, 4.69) is 22.6 Å². The molecule has 0 N–H and O–H groups in total. The fourth-order valence-electron chi connectivity index (χ4n) is 3.05. The first-order valence-corrected chi connectivity index (χ1v) is 9.02. The number of halogens is 1. The van der Waals surface area contributed by atoms with Gasteiger partial charge in [0, 0.05) is 22.8 Å². The van der Waals surface area contributed by atoms with E-state index in [4.69, 9.17) is 0 Å². The standard InChI is InChI=1S/C19H17IN2O3/c1-3-22(12-8-5-4-6-9-12)19(25)16-17(23)15-13(20)10-7-11-14(15)21(2)18(16)24/h4-11,16H,3H2,1-2H3. The molecule has 0 radical (unpaired) electrons. The predicted octanol–water partition coefficient (Wildman–Crippen LogP) is 3.12. The molecule has 0 aliphatic carbocycles. The number of amides is 2.